The molecule has 2 N–H and O–H groups in total. The average Bonchev–Trinajstić information content (AvgIpc) is 2.48. The first kappa shape index (κ1) is 20.9. The Labute approximate surface area is 149 Å². The van der Waals surface area contributed by atoms with Crippen LogP contribution < -0.4 is 15.4 Å². The number of amides is 1. The van der Waals surface area contributed by atoms with Crippen LogP contribution in [0.3, 0.4) is 0 Å². The predicted molar refractivity (Wildman–Crippen MR) is 90.8 cm³/mol. The minimum atomic E-state index is -4.68. The van der Waals surface area contributed by atoms with Gasteiger partial charge in [-0.3, -0.25) is 4.79 Å². The summed E-state index contributed by atoms with van der Waals surface area (Å²) in [5.41, 5.74) is 0.839. The molecule has 0 bridgehead atoms. The first-order chi connectivity index (χ1) is 10.9. The van der Waals surface area contributed by atoms with Crippen molar-refractivity contribution in [2.24, 2.45) is 0 Å². The number of carbonyl (C=O) groups is 1. The second-order valence-corrected chi connectivity index (χ2v) is 6.37. The van der Waals surface area contributed by atoms with Gasteiger partial charge in [0.15, 0.2) is 0 Å². The molecule has 1 atom stereocenters. The van der Waals surface area contributed by atoms with Crippen LogP contribution in [0, 0.1) is 0 Å². The van der Waals surface area contributed by atoms with Crippen LogP contribution in [0.15, 0.2) is 24.3 Å². The van der Waals surface area contributed by atoms with Crippen LogP contribution in [-0.2, 0) is 11.2 Å². The Morgan fingerprint density at radius 1 is 1.33 bits per heavy atom. The topological polar surface area (TPSA) is 50.4 Å². The summed E-state index contributed by atoms with van der Waals surface area (Å²) in [5, 5.41) is 6.13. The van der Waals surface area contributed by atoms with Crippen LogP contribution in [0.4, 0.5) is 13.2 Å². The van der Waals surface area contributed by atoms with Crippen molar-refractivity contribution in [1.82, 2.24) is 10.6 Å². The van der Waals surface area contributed by atoms with Crippen LogP contribution in [-0.4, -0.2) is 42.9 Å². The highest BCUT2D eigenvalue weighted by Crippen LogP contribution is 2.22. The van der Waals surface area contributed by atoms with Gasteiger partial charge >= 0.3 is 6.36 Å². The van der Waals surface area contributed by atoms with E-state index >= 15 is 0 Å². The van der Waals surface area contributed by atoms with E-state index in [-0.39, 0.29) is 30.1 Å². The summed E-state index contributed by atoms with van der Waals surface area (Å²) in [6.07, 6.45) is -3.67. The van der Waals surface area contributed by atoms with E-state index in [4.69, 9.17) is 0 Å². The summed E-state index contributed by atoms with van der Waals surface area (Å²) < 4.78 is 40.0. The van der Waals surface area contributed by atoms with Gasteiger partial charge in [0.1, 0.15) is 5.75 Å². The monoisotopic (exact) mass is 384 g/mol. The van der Waals surface area contributed by atoms with Crippen LogP contribution in [0.1, 0.15) is 12.0 Å². The summed E-state index contributed by atoms with van der Waals surface area (Å²) >= 11 is 1.84. The van der Waals surface area contributed by atoms with E-state index in [1.807, 2.05) is 11.8 Å². The Morgan fingerprint density at radius 3 is 2.62 bits per heavy atom. The van der Waals surface area contributed by atoms with Gasteiger partial charge in [-0.05, 0) is 24.1 Å². The van der Waals surface area contributed by atoms with E-state index in [0.717, 1.165) is 23.6 Å². The lowest BCUT2D eigenvalue weighted by Gasteiger charge is -2.22. The molecule has 0 saturated carbocycles. The standard InChI is InChI=1S/C15H19F3N2O2S.ClH/c16-15(17,18)22-13-3-1-11(2-4-13)5-6-20-14(21)9-12-10-23-8-7-19-12;/h1-4,12,19H,5-10H2,(H,20,21);1H. The zero-order chi connectivity index (χ0) is 16.7. The first-order valence-corrected chi connectivity index (χ1v) is 8.50. The van der Waals surface area contributed by atoms with Crippen LogP contribution in [0.2, 0.25) is 0 Å². The van der Waals surface area contributed by atoms with Crippen molar-refractivity contribution in [2.75, 3.05) is 24.6 Å². The largest absolute Gasteiger partial charge is 0.573 e. The Bertz CT molecular complexity index is 508. The third-order valence-corrected chi connectivity index (χ3v) is 4.45. The molecule has 1 aromatic rings. The Morgan fingerprint density at radius 2 is 2.04 bits per heavy atom. The summed E-state index contributed by atoms with van der Waals surface area (Å²) in [4.78, 5) is 11.8. The fraction of sp³-hybridized carbons (Fsp3) is 0.533. The number of alkyl halides is 3. The van der Waals surface area contributed by atoms with Gasteiger partial charge in [-0.15, -0.1) is 25.6 Å². The summed E-state index contributed by atoms with van der Waals surface area (Å²) in [7, 11) is 0. The molecule has 1 amide bonds. The highest BCUT2D eigenvalue weighted by Gasteiger charge is 2.30. The molecule has 1 aliphatic rings. The second-order valence-electron chi connectivity index (χ2n) is 5.22. The minimum absolute atomic E-state index is 0. The Kier molecular flexibility index (Phi) is 8.72. The molecule has 1 fully saturated rings. The van der Waals surface area contributed by atoms with Crippen molar-refractivity contribution < 1.29 is 22.7 Å². The van der Waals surface area contributed by atoms with E-state index in [9.17, 15) is 18.0 Å². The summed E-state index contributed by atoms with van der Waals surface area (Å²) in [5.74, 6) is 1.76. The number of benzene rings is 1. The van der Waals surface area contributed by atoms with Gasteiger partial charge in [0.2, 0.25) is 5.91 Å². The number of halogens is 4. The third kappa shape index (κ3) is 8.12. The van der Waals surface area contributed by atoms with E-state index in [1.165, 1.54) is 12.1 Å². The quantitative estimate of drug-likeness (QED) is 0.792. The van der Waals surface area contributed by atoms with E-state index < -0.39 is 6.36 Å². The number of hydrogen-bond donors (Lipinski definition) is 2. The molecule has 1 aromatic carbocycles. The van der Waals surface area contributed by atoms with Gasteiger partial charge in [-0.25, -0.2) is 0 Å². The smallest absolute Gasteiger partial charge is 0.406 e. The maximum Gasteiger partial charge on any atom is 0.573 e. The minimum Gasteiger partial charge on any atom is -0.406 e. The van der Waals surface area contributed by atoms with Crippen LogP contribution in [0.5, 0.6) is 5.75 Å². The van der Waals surface area contributed by atoms with Gasteiger partial charge in [-0.1, -0.05) is 12.1 Å². The number of ether oxygens (including phenoxy) is 1. The highest BCUT2D eigenvalue weighted by molar-refractivity contribution is 7.99. The van der Waals surface area contributed by atoms with Crippen molar-refractivity contribution in [3.63, 3.8) is 0 Å². The Balaban J connectivity index is 0.00000288. The van der Waals surface area contributed by atoms with Gasteiger partial charge in [0, 0.05) is 37.1 Å². The van der Waals surface area contributed by atoms with Crippen molar-refractivity contribution in [1.29, 1.82) is 0 Å². The molecule has 1 unspecified atom stereocenters. The molecule has 136 valence electrons. The average molecular weight is 385 g/mol. The molecule has 9 heteroatoms. The fourth-order valence-corrected chi connectivity index (χ4v) is 3.20. The van der Waals surface area contributed by atoms with Gasteiger partial charge in [0.25, 0.3) is 0 Å². The Hall–Kier alpha value is -1.12. The lowest BCUT2D eigenvalue weighted by molar-refractivity contribution is -0.274. The fourth-order valence-electron chi connectivity index (χ4n) is 2.25. The molecule has 1 saturated heterocycles. The van der Waals surface area contributed by atoms with Gasteiger partial charge < -0.3 is 15.4 Å². The maximum absolute atomic E-state index is 12.0. The summed E-state index contributed by atoms with van der Waals surface area (Å²) in [6, 6.07) is 5.88. The zero-order valence-corrected chi connectivity index (χ0v) is 14.5. The molecule has 24 heavy (non-hydrogen) atoms. The zero-order valence-electron chi connectivity index (χ0n) is 12.9. The lowest BCUT2D eigenvalue weighted by Crippen LogP contribution is -2.41. The second kappa shape index (κ2) is 10.0. The molecule has 1 heterocycles. The maximum atomic E-state index is 12.0. The molecule has 4 nitrogen and oxygen atoms in total. The highest BCUT2D eigenvalue weighted by atomic mass is 35.5. The van der Waals surface area contributed by atoms with Gasteiger partial charge in [-0.2, -0.15) is 11.8 Å². The number of nitrogens with one attached hydrogen (secondary N) is 2. The van der Waals surface area contributed by atoms with E-state index in [0.29, 0.717) is 19.4 Å². The molecule has 0 radical (unpaired) electrons. The van der Waals surface area contributed by atoms with E-state index in [1.54, 1.807) is 12.1 Å². The number of hydrogen-bond acceptors (Lipinski definition) is 4. The van der Waals surface area contributed by atoms with Gasteiger partial charge in [0.05, 0.1) is 0 Å². The molecule has 0 aromatic heterocycles. The van der Waals surface area contributed by atoms with Crippen LogP contribution in [0.25, 0.3) is 0 Å². The van der Waals surface area contributed by atoms with Crippen molar-refractivity contribution in [3.05, 3.63) is 29.8 Å². The van der Waals surface area contributed by atoms with Crippen LogP contribution >= 0.6 is 24.2 Å². The SMILES string of the molecule is Cl.O=C(CC1CSCCN1)NCCc1ccc(OC(F)(F)F)cc1. The molecular weight excluding hydrogens is 365 g/mol. The first-order valence-electron chi connectivity index (χ1n) is 7.35. The molecule has 2 rings (SSSR count). The molecule has 0 spiro atoms. The third-order valence-electron chi connectivity index (χ3n) is 3.32. The van der Waals surface area contributed by atoms with E-state index in [2.05, 4.69) is 15.4 Å². The van der Waals surface area contributed by atoms with Crippen molar-refractivity contribution >= 4 is 30.1 Å². The number of carbonyl (C=O) groups excluding carboxylic acids is 1. The lowest BCUT2D eigenvalue weighted by atomic mass is 10.1. The van der Waals surface area contributed by atoms with Crippen molar-refractivity contribution in [3.8, 4) is 5.75 Å². The molecular formula is C15H20ClF3N2O2S. The number of rotatable bonds is 6. The normalized spacial score (nSPS) is 17.7. The molecule has 1 aliphatic heterocycles. The number of thioether (sulfide) groups is 1. The molecule has 0 aliphatic carbocycles. The van der Waals surface area contributed by atoms with Crippen molar-refractivity contribution in [2.45, 2.75) is 25.2 Å². The predicted octanol–water partition coefficient (Wildman–Crippen LogP) is 2.76. The summed E-state index contributed by atoms with van der Waals surface area (Å²) in [6.45, 7) is 1.38.